The number of benzene rings is 1. The second kappa shape index (κ2) is 15.2. The highest BCUT2D eigenvalue weighted by molar-refractivity contribution is 14.1. The SMILES string of the molecule is O=C1CCC(N2C(=O)c3cccc(NCCOCCOCCOCCCCCCI)c3C2=O)C(=O)N1. The molecular weight excluding hydrogens is 581 g/mol. The van der Waals surface area contributed by atoms with Crippen LogP contribution >= 0.6 is 22.6 Å². The van der Waals surface area contributed by atoms with Gasteiger partial charge >= 0.3 is 0 Å². The van der Waals surface area contributed by atoms with E-state index >= 15 is 0 Å². The van der Waals surface area contributed by atoms with Crippen molar-refractivity contribution < 1.29 is 33.4 Å². The van der Waals surface area contributed by atoms with Gasteiger partial charge in [0.1, 0.15) is 6.04 Å². The van der Waals surface area contributed by atoms with Crippen LogP contribution in [0.5, 0.6) is 0 Å². The first-order chi connectivity index (χ1) is 17.5. The van der Waals surface area contributed by atoms with Crippen molar-refractivity contribution in [1.82, 2.24) is 10.2 Å². The van der Waals surface area contributed by atoms with Gasteiger partial charge in [-0.2, -0.15) is 0 Å². The van der Waals surface area contributed by atoms with Gasteiger partial charge in [0.25, 0.3) is 11.8 Å². The van der Waals surface area contributed by atoms with Crippen LogP contribution in [0.25, 0.3) is 0 Å². The number of carbonyl (C=O) groups is 4. The zero-order valence-electron chi connectivity index (χ0n) is 20.4. The summed E-state index contributed by atoms with van der Waals surface area (Å²) >= 11 is 2.40. The number of carbonyl (C=O) groups excluding carboxylic acids is 4. The monoisotopic (exact) mass is 615 g/mol. The second-order valence-corrected chi connectivity index (χ2v) is 9.62. The van der Waals surface area contributed by atoms with Gasteiger partial charge < -0.3 is 19.5 Å². The molecule has 4 amide bonds. The summed E-state index contributed by atoms with van der Waals surface area (Å²) in [6.45, 7) is 3.60. The predicted molar refractivity (Wildman–Crippen MR) is 141 cm³/mol. The summed E-state index contributed by atoms with van der Waals surface area (Å²) in [4.78, 5) is 50.5. The molecule has 2 N–H and O–H groups in total. The molecule has 0 bridgehead atoms. The maximum atomic E-state index is 13.1. The molecular formula is C25H34IN3O7. The fourth-order valence-corrected chi connectivity index (χ4v) is 4.65. The second-order valence-electron chi connectivity index (χ2n) is 8.54. The zero-order chi connectivity index (χ0) is 25.8. The van der Waals surface area contributed by atoms with E-state index in [1.165, 1.54) is 23.7 Å². The van der Waals surface area contributed by atoms with Gasteiger partial charge in [0.2, 0.25) is 11.8 Å². The number of amides is 4. The highest BCUT2D eigenvalue weighted by atomic mass is 127. The topological polar surface area (TPSA) is 123 Å². The molecule has 0 saturated carbocycles. The van der Waals surface area contributed by atoms with Crippen LogP contribution in [0.3, 0.4) is 0 Å². The smallest absolute Gasteiger partial charge is 0.264 e. The Kier molecular flexibility index (Phi) is 12.0. The molecule has 36 heavy (non-hydrogen) atoms. The predicted octanol–water partition coefficient (Wildman–Crippen LogP) is 2.54. The fourth-order valence-electron chi connectivity index (χ4n) is 4.11. The van der Waals surface area contributed by atoms with E-state index in [0.29, 0.717) is 45.3 Å². The minimum Gasteiger partial charge on any atom is -0.382 e. The van der Waals surface area contributed by atoms with Gasteiger partial charge in [0.05, 0.1) is 44.2 Å². The van der Waals surface area contributed by atoms with Crippen LogP contribution in [0.1, 0.15) is 59.2 Å². The average molecular weight is 615 g/mol. The van der Waals surface area contributed by atoms with Crippen molar-refractivity contribution in [3.8, 4) is 0 Å². The van der Waals surface area contributed by atoms with Gasteiger partial charge in [-0.1, -0.05) is 41.5 Å². The number of unbranched alkanes of at least 4 members (excludes halogenated alkanes) is 3. The molecule has 0 spiro atoms. The van der Waals surface area contributed by atoms with E-state index in [0.717, 1.165) is 17.9 Å². The summed E-state index contributed by atoms with van der Waals surface area (Å²) < 4.78 is 17.8. The molecule has 0 aromatic heterocycles. The molecule has 1 unspecified atom stereocenters. The van der Waals surface area contributed by atoms with Crippen LogP contribution in [0, 0.1) is 0 Å². The molecule has 1 aromatic carbocycles. The largest absolute Gasteiger partial charge is 0.382 e. The summed E-state index contributed by atoms with van der Waals surface area (Å²) in [5.41, 5.74) is 0.986. The van der Waals surface area contributed by atoms with E-state index in [1.807, 2.05) is 0 Å². The first kappa shape index (κ1) is 28.5. The lowest BCUT2D eigenvalue weighted by molar-refractivity contribution is -0.136. The summed E-state index contributed by atoms with van der Waals surface area (Å²) in [5, 5.41) is 5.34. The van der Waals surface area contributed by atoms with Crippen molar-refractivity contribution in [2.45, 2.75) is 44.6 Å². The van der Waals surface area contributed by atoms with Crippen molar-refractivity contribution in [3.05, 3.63) is 29.3 Å². The zero-order valence-corrected chi connectivity index (χ0v) is 22.5. The maximum Gasteiger partial charge on any atom is 0.264 e. The van der Waals surface area contributed by atoms with Crippen molar-refractivity contribution in [2.24, 2.45) is 0 Å². The Morgan fingerprint density at radius 2 is 1.58 bits per heavy atom. The van der Waals surface area contributed by atoms with Crippen molar-refractivity contribution in [1.29, 1.82) is 0 Å². The minimum absolute atomic E-state index is 0.0852. The van der Waals surface area contributed by atoms with Gasteiger partial charge in [-0.15, -0.1) is 0 Å². The lowest BCUT2D eigenvalue weighted by atomic mass is 10.0. The van der Waals surface area contributed by atoms with Gasteiger partial charge in [-0.25, -0.2) is 0 Å². The van der Waals surface area contributed by atoms with E-state index in [-0.39, 0.29) is 24.0 Å². The van der Waals surface area contributed by atoms with E-state index < -0.39 is 29.7 Å². The maximum absolute atomic E-state index is 13.1. The van der Waals surface area contributed by atoms with Crippen LogP contribution in [0.2, 0.25) is 0 Å². The number of alkyl halides is 1. The number of halogens is 1. The third-order valence-electron chi connectivity index (χ3n) is 5.95. The Labute approximate surface area is 224 Å². The van der Waals surface area contributed by atoms with Gasteiger partial charge in [-0.3, -0.25) is 29.4 Å². The number of rotatable bonds is 17. The molecule has 1 saturated heterocycles. The number of anilines is 1. The lowest BCUT2D eigenvalue weighted by Crippen LogP contribution is -2.54. The molecule has 3 rings (SSSR count). The molecule has 0 radical (unpaired) electrons. The third kappa shape index (κ3) is 7.95. The van der Waals surface area contributed by atoms with Crippen molar-refractivity contribution >= 4 is 51.9 Å². The Balaban J connectivity index is 1.32. The van der Waals surface area contributed by atoms with Crippen LogP contribution in [0.15, 0.2) is 18.2 Å². The fraction of sp³-hybridized carbons (Fsp3) is 0.600. The summed E-state index contributed by atoms with van der Waals surface area (Å²) in [5.74, 6) is -2.09. The number of ether oxygens (including phenoxy) is 3. The molecule has 2 aliphatic heterocycles. The Bertz CT molecular complexity index is 927. The molecule has 1 atom stereocenters. The standard InChI is InChI=1S/C25H34IN3O7/c26-10-3-1-2-4-12-34-14-16-36-17-15-35-13-11-27-19-7-5-6-18-22(19)25(33)29(24(18)32)20-8-9-21(30)28-23(20)31/h5-7,20,27H,1-4,8-17H2,(H,28,30,31). The Morgan fingerprint density at radius 3 is 2.31 bits per heavy atom. The normalized spacial score (nSPS) is 17.5. The number of fused-ring (bicyclic) bond motifs is 1. The van der Waals surface area contributed by atoms with Crippen molar-refractivity contribution in [3.63, 3.8) is 0 Å². The average Bonchev–Trinajstić information content (AvgIpc) is 3.12. The molecule has 11 heteroatoms. The van der Waals surface area contributed by atoms with Crippen molar-refractivity contribution in [2.75, 3.05) is 55.9 Å². The van der Waals surface area contributed by atoms with Crippen LogP contribution in [-0.2, 0) is 23.8 Å². The molecule has 2 heterocycles. The molecule has 1 fully saturated rings. The Morgan fingerprint density at radius 1 is 0.889 bits per heavy atom. The molecule has 10 nitrogen and oxygen atoms in total. The highest BCUT2D eigenvalue weighted by Gasteiger charge is 2.45. The quantitative estimate of drug-likeness (QED) is 0.119. The van der Waals surface area contributed by atoms with Gasteiger partial charge in [0.15, 0.2) is 0 Å². The van der Waals surface area contributed by atoms with Gasteiger partial charge in [0, 0.05) is 25.3 Å². The number of imide groups is 2. The molecule has 1 aromatic rings. The number of hydrogen-bond donors (Lipinski definition) is 2. The number of nitrogens with zero attached hydrogens (tertiary/aromatic N) is 1. The van der Waals surface area contributed by atoms with E-state index in [1.54, 1.807) is 18.2 Å². The minimum atomic E-state index is -0.984. The molecule has 0 aliphatic carbocycles. The third-order valence-corrected chi connectivity index (χ3v) is 6.71. The summed E-state index contributed by atoms with van der Waals surface area (Å²) in [6.07, 6.45) is 5.04. The van der Waals surface area contributed by atoms with Gasteiger partial charge in [-0.05, 0) is 35.8 Å². The van der Waals surface area contributed by atoms with Crippen LogP contribution in [0.4, 0.5) is 5.69 Å². The number of piperidine rings is 1. The first-order valence-corrected chi connectivity index (χ1v) is 13.9. The molecule has 198 valence electrons. The van der Waals surface area contributed by atoms with Crippen LogP contribution in [-0.4, -0.2) is 85.2 Å². The Hall–Kier alpha value is -2.09. The number of nitrogens with one attached hydrogen (secondary N) is 2. The number of hydrogen-bond acceptors (Lipinski definition) is 8. The first-order valence-electron chi connectivity index (χ1n) is 12.4. The lowest BCUT2D eigenvalue weighted by Gasteiger charge is -2.27. The summed E-state index contributed by atoms with van der Waals surface area (Å²) in [7, 11) is 0. The highest BCUT2D eigenvalue weighted by Crippen LogP contribution is 2.32. The van der Waals surface area contributed by atoms with E-state index in [9.17, 15) is 19.2 Å². The van der Waals surface area contributed by atoms with E-state index in [4.69, 9.17) is 14.2 Å². The van der Waals surface area contributed by atoms with E-state index in [2.05, 4.69) is 33.2 Å². The summed E-state index contributed by atoms with van der Waals surface area (Å²) in [6, 6.07) is 3.98. The molecule has 2 aliphatic rings. The van der Waals surface area contributed by atoms with Crippen LogP contribution < -0.4 is 10.6 Å².